The Hall–Kier alpha value is -0.610. The molecule has 4 N–H and O–H groups in total. The van der Waals surface area contributed by atoms with Gasteiger partial charge >= 0.3 is 0 Å². The highest BCUT2D eigenvalue weighted by Gasteiger charge is 2.39. The smallest absolute Gasteiger partial charge is 0.237 e. The lowest BCUT2D eigenvalue weighted by molar-refractivity contribution is -0.122. The minimum absolute atomic E-state index is 0.400. The van der Waals surface area contributed by atoms with Gasteiger partial charge in [0.25, 0.3) is 0 Å². The first-order chi connectivity index (χ1) is 8.88. The van der Waals surface area contributed by atoms with Crippen LogP contribution < -0.4 is 11.5 Å². The van der Waals surface area contributed by atoms with Crippen molar-refractivity contribution in [1.82, 2.24) is 4.90 Å². The Balaban J connectivity index is 1.65. The van der Waals surface area contributed by atoms with E-state index in [4.69, 9.17) is 11.5 Å². The van der Waals surface area contributed by atoms with E-state index in [-0.39, 0.29) is 0 Å². The zero-order valence-corrected chi connectivity index (χ0v) is 12.4. The molecule has 1 amide bonds. The molecular weight excluding hydrogens is 238 g/mol. The Morgan fingerprint density at radius 3 is 2.63 bits per heavy atom. The molecule has 110 valence electrons. The topological polar surface area (TPSA) is 72.3 Å². The van der Waals surface area contributed by atoms with Crippen LogP contribution in [0, 0.1) is 17.8 Å². The van der Waals surface area contributed by atoms with Crippen LogP contribution in [-0.4, -0.2) is 36.5 Å². The first-order valence-electron chi connectivity index (χ1n) is 7.66. The van der Waals surface area contributed by atoms with Crippen molar-refractivity contribution < 1.29 is 4.79 Å². The molecule has 0 spiro atoms. The average Bonchev–Trinajstić information content (AvgIpc) is 2.90. The van der Waals surface area contributed by atoms with Crippen LogP contribution in [0.2, 0.25) is 0 Å². The fraction of sp³-hybridized carbons (Fsp3) is 0.933. The highest BCUT2D eigenvalue weighted by atomic mass is 16.1. The van der Waals surface area contributed by atoms with E-state index in [0.29, 0.717) is 6.42 Å². The predicted molar refractivity (Wildman–Crippen MR) is 77.5 cm³/mol. The zero-order valence-electron chi connectivity index (χ0n) is 12.4. The monoisotopic (exact) mass is 267 g/mol. The van der Waals surface area contributed by atoms with Gasteiger partial charge in [-0.1, -0.05) is 6.42 Å². The lowest BCUT2D eigenvalue weighted by Gasteiger charge is -2.28. The van der Waals surface area contributed by atoms with Crippen LogP contribution in [-0.2, 0) is 4.79 Å². The maximum atomic E-state index is 11.1. The lowest BCUT2D eigenvalue weighted by atomic mass is 9.88. The van der Waals surface area contributed by atoms with Gasteiger partial charge in [-0.15, -0.1) is 0 Å². The van der Waals surface area contributed by atoms with Crippen LogP contribution in [0.4, 0.5) is 0 Å². The molecule has 0 aliphatic heterocycles. The molecule has 2 bridgehead atoms. The van der Waals surface area contributed by atoms with Crippen LogP contribution >= 0.6 is 0 Å². The van der Waals surface area contributed by atoms with Crippen LogP contribution in [0.25, 0.3) is 0 Å². The number of rotatable bonds is 7. The molecule has 0 heterocycles. The van der Waals surface area contributed by atoms with Crippen LogP contribution in [0.3, 0.4) is 0 Å². The molecule has 0 radical (unpaired) electrons. The van der Waals surface area contributed by atoms with Gasteiger partial charge in [-0.25, -0.2) is 0 Å². The van der Waals surface area contributed by atoms with Crippen LogP contribution in [0.1, 0.15) is 45.4 Å². The molecule has 2 rings (SSSR count). The summed E-state index contributed by atoms with van der Waals surface area (Å²) in [7, 11) is 2.18. The van der Waals surface area contributed by atoms with Crippen molar-refractivity contribution in [3.05, 3.63) is 0 Å². The molecule has 4 unspecified atom stereocenters. The van der Waals surface area contributed by atoms with Gasteiger partial charge in [0.15, 0.2) is 0 Å². The number of nitrogens with zero attached hydrogens (tertiary/aromatic N) is 1. The molecule has 0 aromatic heterocycles. The highest BCUT2D eigenvalue weighted by Crippen LogP contribution is 2.48. The van der Waals surface area contributed by atoms with E-state index in [1.807, 2.05) is 0 Å². The molecule has 2 fully saturated rings. The Morgan fingerprint density at radius 2 is 2.11 bits per heavy atom. The molecule has 0 saturated heterocycles. The number of carbonyl (C=O) groups excluding carboxylic acids is 1. The first kappa shape index (κ1) is 14.8. The maximum absolute atomic E-state index is 11.1. The Labute approximate surface area is 116 Å². The number of hydrogen-bond donors (Lipinski definition) is 2. The van der Waals surface area contributed by atoms with E-state index in [9.17, 15) is 4.79 Å². The van der Waals surface area contributed by atoms with Crippen LogP contribution in [0.15, 0.2) is 0 Å². The Morgan fingerprint density at radius 1 is 1.37 bits per heavy atom. The number of amides is 1. The molecule has 0 aromatic carbocycles. The number of nitrogens with two attached hydrogens (primary N) is 2. The van der Waals surface area contributed by atoms with Gasteiger partial charge < -0.3 is 16.4 Å². The third-order valence-corrected chi connectivity index (χ3v) is 5.23. The van der Waals surface area contributed by atoms with E-state index >= 15 is 0 Å². The molecule has 4 nitrogen and oxygen atoms in total. The molecular formula is C15H29N3O. The zero-order chi connectivity index (χ0) is 14.0. The molecule has 4 heteroatoms. The second-order valence-electron chi connectivity index (χ2n) is 7.08. The van der Waals surface area contributed by atoms with Gasteiger partial charge in [0.05, 0.1) is 5.54 Å². The van der Waals surface area contributed by atoms with Gasteiger partial charge in [-0.3, -0.25) is 4.79 Å². The summed E-state index contributed by atoms with van der Waals surface area (Å²) in [4.78, 5) is 13.6. The second-order valence-corrected chi connectivity index (χ2v) is 7.08. The van der Waals surface area contributed by atoms with Crippen molar-refractivity contribution >= 4 is 5.91 Å². The normalized spacial score (nSPS) is 32.7. The van der Waals surface area contributed by atoms with Crippen molar-refractivity contribution in [3.8, 4) is 0 Å². The van der Waals surface area contributed by atoms with Crippen molar-refractivity contribution in [1.29, 1.82) is 0 Å². The molecule has 2 saturated carbocycles. The summed E-state index contributed by atoms with van der Waals surface area (Å²) in [6, 6.07) is 0. The van der Waals surface area contributed by atoms with E-state index in [2.05, 4.69) is 11.9 Å². The van der Waals surface area contributed by atoms with Gasteiger partial charge in [-0.2, -0.15) is 0 Å². The van der Waals surface area contributed by atoms with E-state index in [1.54, 1.807) is 6.92 Å². The first-order valence-corrected chi connectivity index (χ1v) is 7.66. The largest absolute Gasteiger partial charge is 0.368 e. The highest BCUT2D eigenvalue weighted by molar-refractivity contribution is 5.83. The molecule has 2 aliphatic rings. The SMILES string of the molecule is CN(CCCC(C)(N)C(N)=O)CC1CC2CCC1C2. The van der Waals surface area contributed by atoms with Crippen molar-refractivity contribution in [2.75, 3.05) is 20.1 Å². The summed E-state index contributed by atoms with van der Waals surface area (Å²) in [5.41, 5.74) is 10.3. The number of hydrogen-bond acceptors (Lipinski definition) is 3. The van der Waals surface area contributed by atoms with Crippen molar-refractivity contribution in [2.24, 2.45) is 29.2 Å². The lowest BCUT2D eigenvalue weighted by Crippen LogP contribution is -2.49. The van der Waals surface area contributed by atoms with Crippen molar-refractivity contribution in [2.45, 2.75) is 51.0 Å². The second kappa shape index (κ2) is 5.80. The quantitative estimate of drug-likeness (QED) is 0.731. The summed E-state index contributed by atoms with van der Waals surface area (Å²) in [5.74, 6) is 2.51. The minimum Gasteiger partial charge on any atom is -0.368 e. The standard InChI is InChI=1S/C15H29N3O/c1-15(17,14(16)19)6-3-7-18(2)10-13-9-11-4-5-12(13)8-11/h11-13H,3-10,17H2,1-2H3,(H2,16,19). The average molecular weight is 267 g/mol. The third-order valence-electron chi connectivity index (χ3n) is 5.23. The summed E-state index contributed by atoms with van der Waals surface area (Å²) >= 11 is 0. The number of primary amides is 1. The fourth-order valence-corrected chi connectivity index (χ4v) is 3.93. The van der Waals surface area contributed by atoms with Crippen LogP contribution in [0.5, 0.6) is 0 Å². The molecule has 2 aliphatic carbocycles. The van der Waals surface area contributed by atoms with E-state index < -0.39 is 11.4 Å². The molecule has 0 aromatic rings. The molecule has 19 heavy (non-hydrogen) atoms. The maximum Gasteiger partial charge on any atom is 0.237 e. The summed E-state index contributed by atoms with van der Waals surface area (Å²) in [5, 5.41) is 0. The van der Waals surface area contributed by atoms with E-state index in [1.165, 1.54) is 32.2 Å². The summed E-state index contributed by atoms with van der Waals surface area (Å²) in [6.45, 7) is 3.94. The Kier molecular flexibility index (Phi) is 4.51. The summed E-state index contributed by atoms with van der Waals surface area (Å²) < 4.78 is 0. The fourth-order valence-electron chi connectivity index (χ4n) is 3.93. The number of carbonyl (C=O) groups is 1. The Bertz CT molecular complexity index is 329. The summed E-state index contributed by atoms with van der Waals surface area (Å²) in [6.07, 6.45) is 7.43. The minimum atomic E-state index is -0.854. The van der Waals surface area contributed by atoms with Gasteiger partial charge in [0, 0.05) is 6.54 Å². The van der Waals surface area contributed by atoms with Crippen molar-refractivity contribution in [3.63, 3.8) is 0 Å². The van der Waals surface area contributed by atoms with E-state index in [0.717, 1.165) is 30.7 Å². The predicted octanol–water partition coefficient (Wildman–Crippen LogP) is 1.34. The van der Waals surface area contributed by atoms with Gasteiger partial charge in [0.1, 0.15) is 0 Å². The number of fused-ring (bicyclic) bond motifs is 2. The van der Waals surface area contributed by atoms with Gasteiger partial charge in [-0.05, 0) is 70.4 Å². The third kappa shape index (κ3) is 3.69. The molecule has 4 atom stereocenters. The van der Waals surface area contributed by atoms with Gasteiger partial charge in [0.2, 0.25) is 5.91 Å².